The number of nitrogens with one attached hydrogen (secondary N) is 1. The Labute approximate surface area is 86.8 Å². The second kappa shape index (κ2) is 4.00. The van der Waals surface area contributed by atoms with E-state index < -0.39 is 0 Å². The predicted octanol–water partition coefficient (Wildman–Crippen LogP) is 1.87. The van der Waals surface area contributed by atoms with Gasteiger partial charge in [0.25, 0.3) is 5.89 Å². The van der Waals surface area contributed by atoms with Crippen molar-refractivity contribution in [2.45, 2.75) is 6.92 Å². The van der Waals surface area contributed by atoms with Gasteiger partial charge in [-0.05, 0) is 19.1 Å². The number of nitrogens with zero attached hydrogens (tertiary/aromatic N) is 2. The van der Waals surface area contributed by atoms with Gasteiger partial charge in [-0.25, -0.2) is 0 Å². The molecular weight excluding hydrogens is 194 g/mol. The summed E-state index contributed by atoms with van der Waals surface area (Å²) in [5.74, 6) is 0.438. The molecule has 1 aromatic heterocycles. The molecule has 0 unspecified atom stereocenters. The molecule has 0 radical (unpaired) electrons. The van der Waals surface area contributed by atoms with E-state index in [1.54, 1.807) is 24.3 Å². The minimum Gasteiger partial charge on any atom is -0.507 e. The average Bonchev–Trinajstić information content (AvgIpc) is 2.68. The highest BCUT2D eigenvalue weighted by Crippen LogP contribution is 2.27. The predicted molar refractivity (Wildman–Crippen MR) is 55.6 cm³/mol. The van der Waals surface area contributed by atoms with Gasteiger partial charge >= 0.3 is 6.01 Å². The summed E-state index contributed by atoms with van der Waals surface area (Å²) in [7, 11) is 0. The molecule has 0 aliphatic carbocycles. The molecule has 0 aliphatic rings. The molecule has 0 spiro atoms. The van der Waals surface area contributed by atoms with E-state index in [1.807, 2.05) is 6.92 Å². The third-order valence-electron chi connectivity index (χ3n) is 1.89. The molecule has 1 heterocycles. The van der Waals surface area contributed by atoms with E-state index in [0.717, 1.165) is 0 Å². The highest BCUT2D eigenvalue weighted by Gasteiger charge is 2.10. The summed E-state index contributed by atoms with van der Waals surface area (Å²) in [6.45, 7) is 2.65. The van der Waals surface area contributed by atoms with Gasteiger partial charge in [-0.2, -0.15) is 0 Å². The van der Waals surface area contributed by atoms with Gasteiger partial charge in [-0.1, -0.05) is 17.2 Å². The average molecular weight is 205 g/mol. The van der Waals surface area contributed by atoms with Crippen LogP contribution in [-0.4, -0.2) is 21.8 Å². The standard InChI is InChI=1S/C10H11N3O2/c1-2-11-10-13-12-9(15-10)7-5-3-4-6-8(7)14/h3-6,14H,2H2,1H3,(H,11,13). The highest BCUT2D eigenvalue weighted by atomic mass is 16.4. The van der Waals surface area contributed by atoms with Crippen molar-refractivity contribution in [1.82, 2.24) is 10.2 Å². The van der Waals surface area contributed by atoms with Crippen molar-refractivity contribution in [2.24, 2.45) is 0 Å². The molecule has 0 atom stereocenters. The fourth-order valence-corrected chi connectivity index (χ4v) is 1.21. The lowest BCUT2D eigenvalue weighted by molar-refractivity contribution is 0.473. The lowest BCUT2D eigenvalue weighted by Gasteiger charge is -1.97. The quantitative estimate of drug-likeness (QED) is 0.800. The maximum atomic E-state index is 9.55. The van der Waals surface area contributed by atoms with Crippen molar-refractivity contribution in [3.8, 4) is 17.2 Å². The summed E-state index contributed by atoms with van der Waals surface area (Å²) in [5.41, 5.74) is 0.536. The van der Waals surface area contributed by atoms with Crippen molar-refractivity contribution in [2.75, 3.05) is 11.9 Å². The van der Waals surface area contributed by atoms with Crippen molar-refractivity contribution in [3.05, 3.63) is 24.3 Å². The Kier molecular flexibility index (Phi) is 2.53. The topological polar surface area (TPSA) is 71.2 Å². The molecule has 2 N–H and O–H groups in total. The van der Waals surface area contributed by atoms with Gasteiger partial charge in [-0.15, -0.1) is 5.10 Å². The Morgan fingerprint density at radius 2 is 2.13 bits per heavy atom. The lowest BCUT2D eigenvalue weighted by atomic mass is 10.2. The molecule has 5 heteroatoms. The fourth-order valence-electron chi connectivity index (χ4n) is 1.21. The largest absolute Gasteiger partial charge is 0.507 e. The minimum atomic E-state index is 0.129. The van der Waals surface area contributed by atoms with Crippen LogP contribution >= 0.6 is 0 Å². The van der Waals surface area contributed by atoms with Gasteiger partial charge < -0.3 is 14.8 Å². The number of aromatic hydroxyl groups is 1. The third-order valence-corrected chi connectivity index (χ3v) is 1.89. The molecule has 0 saturated carbocycles. The number of para-hydroxylation sites is 1. The van der Waals surface area contributed by atoms with Crippen LogP contribution in [0.1, 0.15) is 6.92 Å². The summed E-state index contributed by atoms with van der Waals surface area (Å²) < 4.78 is 5.30. The highest BCUT2D eigenvalue weighted by molar-refractivity contribution is 5.61. The van der Waals surface area contributed by atoms with E-state index in [-0.39, 0.29) is 5.75 Å². The van der Waals surface area contributed by atoms with E-state index in [4.69, 9.17) is 4.42 Å². The van der Waals surface area contributed by atoms with Crippen molar-refractivity contribution in [3.63, 3.8) is 0 Å². The monoisotopic (exact) mass is 205 g/mol. The Hall–Kier alpha value is -2.04. The maximum Gasteiger partial charge on any atom is 0.315 e. The molecule has 0 aliphatic heterocycles. The number of phenols is 1. The van der Waals surface area contributed by atoms with Gasteiger partial charge in [0.15, 0.2) is 0 Å². The van der Waals surface area contributed by atoms with Gasteiger partial charge in [0.1, 0.15) is 5.75 Å². The smallest absolute Gasteiger partial charge is 0.315 e. The first kappa shape index (κ1) is 9.51. The number of phenolic OH excluding ortho intramolecular Hbond substituents is 1. The Balaban J connectivity index is 2.33. The van der Waals surface area contributed by atoms with Gasteiger partial charge in [-0.3, -0.25) is 0 Å². The molecule has 0 bridgehead atoms. The summed E-state index contributed by atoms with van der Waals surface area (Å²) in [4.78, 5) is 0. The molecule has 2 rings (SSSR count). The van der Waals surface area contributed by atoms with Crippen LogP contribution in [0.15, 0.2) is 28.7 Å². The van der Waals surface area contributed by atoms with E-state index in [1.165, 1.54) is 0 Å². The molecule has 2 aromatic rings. The van der Waals surface area contributed by atoms with E-state index >= 15 is 0 Å². The first-order valence-corrected chi connectivity index (χ1v) is 4.67. The molecule has 0 fully saturated rings. The molecular formula is C10H11N3O2. The number of rotatable bonds is 3. The second-order valence-electron chi connectivity index (χ2n) is 2.96. The summed E-state index contributed by atoms with van der Waals surface area (Å²) in [5, 5.41) is 20.1. The second-order valence-corrected chi connectivity index (χ2v) is 2.96. The summed E-state index contributed by atoms with van der Waals surface area (Å²) in [6.07, 6.45) is 0. The SMILES string of the molecule is CCNc1nnc(-c2ccccc2O)o1. The molecule has 5 nitrogen and oxygen atoms in total. The first-order valence-electron chi connectivity index (χ1n) is 4.67. The maximum absolute atomic E-state index is 9.55. The zero-order valence-electron chi connectivity index (χ0n) is 8.27. The number of benzene rings is 1. The summed E-state index contributed by atoms with van der Waals surface area (Å²) >= 11 is 0. The molecule has 1 aromatic carbocycles. The molecule has 78 valence electrons. The number of hydrogen-bond donors (Lipinski definition) is 2. The zero-order valence-corrected chi connectivity index (χ0v) is 8.27. The number of anilines is 1. The van der Waals surface area contributed by atoms with Gasteiger partial charge in [0, 0.05) is 6.54 Å². The van der Waals surface area contributed by atoms with Crippen LogP contribution in [-0.2, 0) is 0 Å². The van der Waals surface area contributed by atoms with Crippen molar-refractivity contribution in [1.29, 1.82) is 0 Å². The van der Waals surface area contributed by atoms with Gasteiger partial charge in [0.2, 0.25) is 0 Å². The van der Waals surface area contributed by atoms with E-state index in [0.29, 0.717) is 24.0 Å². The van der Waals surface area contributed by atoms with Crippen LogP contribution in [0.5, 0.6) is 5.75 Å². The van der Waals surface area contributed by atoms with Crippen molar-refractivity contribution < 1.29 is 9.52 Å². The minimum absolute atomic E-state index is 0.129. The van der Waals surface area contributed by atoms with E-state index in [9.17, 15) is 5.11 Å². The van der Waals surface area contributed by atoms with E-state index in [2.05, 4.69) is 15.5 Å². The van der Waals surface area contributed by atoms with Crippen LogP contribution in [0.3, 0.4) is 0 Å². The Bertz CT molecular complexity index is 453. The Morgan fingerprint density at radius 3 is 2.87 bits per heavy atom. The molecule has 0 amide bonds. The van der Waals surface area contributed by atoms with Gasteiger partial charge in [0.05, 0.1) is 5.56 Å². The third kappa shape index (κ3) is 1.90. The normalized spacial score (nSPS) is 10.2. The van der Waals surface area contributed by atoms with Crippen LogP contribution in [0.4, 0.5) is 6.01 Å². The molecule has 0 saturated heterocycles. The number of aromatic nitrogens is 2. The Morgan fingerprint density at radius 1 is 1.33 bits per heavy atom. The van der Waals surface area contributed by atoms with Crippen LogP contribution in [0.2, 0.25) is 0 Å². The summed E-state index contributed by atoms with van der Waals surface area (Å²) in [6, 6.07) is 7.19. The molecule has 15 heavy (non-hydrogen) atoms. The number of hydrogen-bond acceptors (Lipinski definition) is 5. The lowest BCUT2D eigenvalue weighted by Crippen LogP contribution is -1.95. The van der Waals surface area contributed by atoms with Crippen LogP contribution < -0.4 is 5.32 Å². The van der Waals surface area contributed by atoms with Crippen molar-refractivity contribution >= 4 is 6.01 Å². The van der Waals surface area contributed by atoms with Crippen LogP contribution in [0, 0.1) is 0 Å². The fraction of sp³-hybridized carbons (Fsp3) is 0.200. The zero-order chi connectivity index (χ0) is 10.7. The van der Waals surface area contributed by atoms with Crippen LogP contribution in [0.25, 0.3) is 11.5 Å². The first-order chi connectivity index (χ1) is 7.31.